The monoisotopic (exact) mass is 447 g/mol. The summed E-state index contributed by atoms with van der Waals surface area (Å²) in [4.78, 5) is 50.2. The van der Waals surface area contributed by atoms with Gasteiger partial charge in [-0.15, -0.1) is 0 Å². The predicted molar refractivity (Wildman–Crippen MR) is 118 cm³/mol. The molecule has 4 amide bonds. The second-order valence-corrected chi connectivity index (χ2v) is 7.20. The molecule has 0 aliphatic carbocycles. The van der Waals surface area contributed by atoms with Gasteiger partial charge in [0.05, 0.1) is 22.4 Å². The van der Waals surface area contributed by atoms with E-state index in [1.54, 1.807) is 18.2 Å². The molecule has 0 unspecified atom stereocenters. The molecule has 3 aromatic rings. The Morgan fingerprint density at radius 1 is 0.909 bits per heavy atom. The number of nitrogens with one attached hydrogen (secondary N) is 2. The minimum Gasteiger partial charge on any atom is -0.483 e. The molecule has 0 saturated heterocycles. The lowest BCUT2D eigenvalue weighted by Gasteiger charge is -2.12. The van der Waals surface area contributed by atoms with Gasteiger partial charge in [-0.1, -0.05) is 24.3 Å². The summed E-state index contributed by atoms with van der Waals surface area (Å²) in [5.41, 5.74) is 0.964. The van der Waals surface area contributed by atoms with Crippen molar-refractivity contribution in [3.8, 4) is 5.75 Å². The van der Waals surface area contributed by atoms with Crippen LogP contribution in [-0.4, -0.2) is 42.2 Å². The van der Waals surface area contributed by atoms with Crippen molar-refractivity contribution >= 4 is 35.0 Å². The topological polar surface area (TPSA) is 105 Å². The Labute approximate surface area is 188 Å². The third-order valence-corrected chi connectivity index (χ3v) is 4.99. The number of rotatable bonds is 6. The number of anilines is 2. The molecule has 0 aromatic heterocycles. The zero-order valence-electron chi connectivity index (χ0n) is 17.4. The largest absolute Gasteiger partial charge is 0.483 e. The van der Waals surface area contributed by atoms with Crippen LogP contribution in [0.1, 0.15) is 31.1 Å². The second-order valence-electron chi connectivity index (χ2n) is 7.20. The van der Waals surface area contributed by atoms with Crippen LogP contribution in [0.5, 0.6) is 5.75 Å². The Morgan fingerprint density at radius 3 is 2.39 bits per heavy atom. The zero-order chi connectivity index (χ0) is 23.5. The van der Waals surface area contributed by atoms with Crippen LogP contribution in [0, 0.1) is 5.82 Å². The first-order valence-electron chi connectivity index (χ1n) is 9.89. The maximum absolute atomic E-state index is 13.7. The van der Waals surface area contributed by atoms with Gasteiger partial charge in [-0.2, -0.15) is 0 Å². The van der Waals surface area contributed by atoms with Crippen LogP contribution < -0.4 is 15.4 Å². The third kappa shape index (κ3) is 4.42. The third-order valence-electron chi connectivity index (χ3n) is 4.99. The van der Waals surface area contributed by atoms with E-state index >= 15 is 0 Å². The van der Waals surface area contributed by atoms with E-state index in [2.05, 4.69) is 10.6 Å². The summed E-state index contributed by atoms with van der Waals surface area (Å²) < 4.78 is 19.2. The van der Waals surface area contributed by atoms with Crippen LogP contribution in [0.25, 0.3) is 0 Å². The van der Waals surface area contributed by atoms with Crippen LogP contribution in [0.2, 0.25) is 0 Å². The summed E-state index contributed by atoms with van der Waals surface area (Å²) >= 11 is 0. The molecule has 8 nitrogen and oxygen atoms in total. The molecule has 9 heteroatoms. The number of carbonyl (C=O) groups is 4. The fourth-order valence-electron chi connectivity index (χ4n) is 3.31. The Kier molecular flexibility index (Phi) is 5.86. The lowest BCUT2D eigenvalue weighted by atomic mass is 10.1. The number of ether oxygens (including phenoxy) is 1. The molecule has 0 saturated carbocycles. The normalized spacial score (nSPS) is 12.4. The standard InChI is InChI=1S/C24H18FN3O5/c1-28-23(31)15-11-10-14(12-17(15)24(28)32)26-22(30)16-6-2-5-9-20(16)33-13-21(29)27-19-8-4-3-7-18(19)25/h2-12H,13H2,1H3,(H,26,30)(H,27,29). The van der Waals surface area contributed by atoms with Crippen LogP contribution in [0.15, 0.2) is 66.7 Å². The van der Waals surface area contributed by atoms with Crippen molar-refractivity contribution in [1.82, 2.24) is 4.90 Å². The van der Waals surface area contributed by atoms with Gasteiger partial charge >= 0.3 is 0 Å². The quantitative estimate of drug-likeness (QED) is 0.564. The minimum absolute atomic E-state index is 0.0208. The number of imide groups is 1. The molecule has 3 aromatic carbocycles. The molecule has 1 heterocycles. The Morgan fingerprint density at radius 2 is 1.61 bits per heavy atom. The van der Waals surface area contributed by atoms with Gasteiger partial charge < -0.3 is 15.4 Å². The highest BCUT2D eigenvalue weighted by atomic mass is 19.1. The van der Waals surface area contributed by atoms with E-state index in [1.807, 2.05) is 0 Å². The highest BCUT2D eigenvalue weighted by molar-refractivity contribution is 6.21. The lowest BCUT2D eigenvalue weighted by Crippen LogP contribution is -2.24. The molecule has 1 aliphatic heterocycles. The Balaban J connectivity index is 1.45. The first-order valence-corrected chi connectivity index (χ1v) is 9.89. The first kappa shape index (κ1) is 21.7. The van der Waals surface area contributed by atoms with Crippen LogP contribution >= 0.6 is 0 Å². The Bertz CT molecular complexity index is 1290. The van der Waals surface area contributed by atoms with Crippen molar-refractivity contribution in [2.24, 2.45) is 0 Å². The summed E-state index contributed by atoms with van der Waals surface area (Å²) in [5, 5.41) is 5.06. The van der Waals surface area contributed by atoms with Crippen LogP contribution in [0.4, 0.5) is 15.8 Å². The lowest BCUT2D eigenvalue weighted by molar-refractivity contribution is -0.118. The van der Waals surface area contributed by atoms with Crippen molar-refractivity contribution in [1.29, 1.82) is 0 Å². The highest BCUT2D eigenvalue weighted by Gasteiger charge is 2.32. The number of para-hydroxylation sites is 2. The fourth-order valence-corrected chi connectivity index (χ4v) is 3.31. The molecule has 4 rings (SSSR count). The molecule has 0 bridgehead atoms. The Hall–Kier alpha value is -4.53. The van der Waals surface area contributed by atoms with Gasteiger partial charge in [0.1, 0.15) is 11.6 Å². The number of hydrogen-bond donors (Lipinski definition) is 2. The van der Waals surface area contributed by atoms with Crippen LogP contribution in [0.3, 0.4) is 0 Å². The van der Waals surface area contributed by atoms with E-state index in [4.69, 9.17) is 4.74 Å². The zero-order valence-corrected chi connectivity index (χ0v) is 17.4. The number of hydrogen-bond acceptors (Lipinski definition) is 5. The van der Waals surface area contributed by atoms with E-state index in [0.717, 1.165) is 4.90 Å². The van der Waals surface area contributed by atoms with Gasteiger partial charge in [-0.05, 0) is 42.5 Å². The fraction of sp³-hybridized carbons (Fsp3) is 0.0833. The maximum Gasteiger partial charge on any atom is 0.262 e. The van der Waals surface area contributed by atoms with Gasteiger partial charge in [-0.3, -0.25) is 24.1 Å². The summed E-state index contributed by atoms with van der Waals surface area (Å²) in [5.74, 6) is -2.42. The molecule has 0 atom stereocenters. The number of carbonyl (C=O) groups excluding carboxylic acids is 4. The first-order chi connectivity index (χ1) is 15.8. The molecule has 1 aliphatic rings. The van der Waals surface area contributed by atoms with E-state index in [1.165, 1.54) is 55.6 Å². The number of fused-ring (bicyclic) bond motifs is 1. The number of halogens is 1. The van der Waals surface area contributed by atoms with Crippen molar-refractivity contribution in [2.75, 3.05) is 24.3 Å². The van der Waals surface area contributed by atoms with E-state index in [0.29, 0.717) is 5.69 Å². The summed E-state index contributed by atoms with van der Waals surface area (Å²) in [7, 11) is 1.39. The summed E-state index contributed by atoms with van der Waals surface area (Å²) in [6.07, 6.45) is 0. The van der Waals surface area contributed by atoms with Gasteiger partial charge in [-0.25, -0.2) is 4.39 Å². The molecule has 0 spiro atoms. The summed E-state index contributed by atoms with van der Waals surface area (Å²) in [6.45, 7) is -0.444. The average molecular weight is 447 g/mol. The molecule has 2 N–H and O–H groups in total. The van der Waals surface area contributed by atoms with Gasteiger partial charge in [0.2, 0.25) is 0 Å². The van der Waals surface area contributed by atoms with Crippen molar-refractivity contribution in [3.05, 3.63) is 89.2 Å². The summed E-state index contributed by atoms with van der Waals surface area (Å²) in [6, 6.07) is 16.4. The predicted octanol–water partition coefficient (Wildman–Crippen LogP) is 3.32. The number of nitrogens with zero attached hydrogens (tertiary/aromatic N) is 1. The number of benzene rings is 3. The van der Waals surface area contributed by atoms with E-state index < -0.39 is 36.1 Å². The molecule has 166 valence electrons. The van der Waals surface area contributed by atoms with Gasteiger partial charge in [0.15, 0.2) is 6.61 Å². The van der Waals surface area contributed by atoms with Gasteiger partial charge in [0, 0.05) is 12.7 Å². The number of amides is 4. The van der Waals surface area contributed by atoms with E-state index in [9.17, 15) is 23.6 Å². The molecular weight excluding hydrogens is 429 g/mol. The van der Waals surface area contributed by atoms with Crippen LogP contribution in [-0.2, 0) is 4.79 Å². The maximum atomic E-state index is 13.7. The average Bonchev–Trinajstić information content (AvgIpc) is 3.03. The molecule has 33 heavy (non-hydrogen) atoms. The highest BCUT2D eigenvalue weighted by Crippen LogP contribution is 2.26. The van der Waals surface area contributed by atoms with E-state index in [-0.39, 0.29) is 28.1 Å². The second kappa shape index (κ2) is 8.91. The molecule has 0 radical (unpaired) electrons. The van der Waals surface area contributed by atoms with Crippen molar-refractivity contribution in [3.63, 3.8) is 0 Å². The van der Waals surface area contributed by atoms with Gasteiger partial charge in [0.25, 0.3) is 23.6 Å². The molecular formula is C24H18FN3O5. The van der Waals surface area contributed by atoms with Crippen molar-refractivity contribution < 1.29 is 28.3 Å². The smallest absolute Gasteiger partial charge is 0.262 e. The van der Waals surface area contributed by atoms with Crippen molar-refractivity contribution in [2.45, 2.75) is 0 Å². The molecule has 0 fully saturated rings. The SMILES string of the molecule is CN1C(=O)c2ccc(NC(=O)c3ccccc3OCC(=O)Nc3ccccc3F)cc2C1=O. The minimum atomic E-state index is -0.596.